The molecule has 1 N–H and O–H groups in total. The summed E-state index contributed by atoms with van der Waals surface area (Å²) in [6.45, 7) is 0.323. The average molecular weight is 379 g/mol. The molecule has 0 spiro atoms. The van der Waals surface area contributed by atoms with Crippen LogP contribution in [0.3, 0.4) is 0 Å². The van der Waals surface area contributed by atoms with Crippen molar-refractivity contribution in [1.29, 1.82) is 0 Å². The Bertz CT molecular complexity index is 704. The summed E-state index contributed by atoms with van der Waals surface area (Å²) in [5.41, 5.74) is 1.29. The molecular weight excluding hydrogens is 363 g/mol. The molecule has 0 heterocycles. The van der Waals surface area contributed by atoms with Crippen LogP contribution in [0.25, 0.3) is 0 Å². The molecule has 0 aliphatic rings. The molecule has 0 unspecified atom stereocenters. The van der Waals surface area contributed by atoms with E-state index in [-0.39, 0.29) is 12.5 Å². The molecule has 2 aromatic rings. The number of carbonyl (C=O) groups is 2. The first-order chi connectivity index (χ1) is 11.0. The molecule has 6 heteroatoms. The van der Waals surface area contributed by atoms with Crippen LogP contribution in [0, 0.1) is 5.82 Å². The van der Waals surface area contributed by atoms with Crippen molar-refractivity contribution in [2.45, 2.75) is 6.54 Å². The van der Waals surface area contributed by atoms with Crippen LogP contribution in [0.5, 0.6) is 0 Å². The molecular formula is C17H16BrFN2O2. The van der Waals surface area contributed by atoms with Crippen LogP contribution in [0.2, 0.25) is 0 Å². The van der Waals surface area contributed by atoms with Crippen molar-refractivity contribution in [2.75, 3.05) is 13.6 Å². The maximum absolute atomic E-state index is 12.8. The van der Waals surface area contributed by atoms with Gasteiger partial charge in [-0.25, -0.2) is 4.39 Å². The Morgan fingerprint density at radius 3 is 2.43 bits per heavy atom. The lowest BCUT2D eigenvalue weighted by molar-refractivity contribution is -0.129. The maximum Gasteiger partial charge on any atom is 0.251 e. The summed E-state index contributed by atoms with van der Waals surface area (Å²) in [5, 5.41) is 2.54. The SMILES string of the molecule is CN(Cc1ccccc1Br)C(=O)CNC(=O)c1ccc(F)cc1. The summed E-state index contributed by atoms with van der Waals surface area (Å²) in [5.74, 6) is -1.03. The maximum atomic E-state index is 12.8. The predicted molar refractivity (Wildman–Crippen MR) is 89.3 cm³/mol. The molecule has 0 bridgehead atoms. The van der Waals surface area contributed by atoms with Crippen molar-refractivity contribution < 1.29 is 14.0 Å². The van der Waals surface area contributed by atoms with Gasteiger partial charge >= 0.3 is 0 Å². The van der Waals surface area contributed by atoms with Gasteiger partial charge in [0.2, 0.25) is 5.91 Å². The van der Waals surface area contributed by atoms with Crippen molar-refractivity contribution in [3.8, 4) is 0 Å². The molecule has 2 rings (SSSR count). The molecule has 0 atom stereocenters. The third kappa shape index (κ3) is 4.89. The molecule has 0 radical (unpaired) electrons. The van der Waals surface area contributed by atoms with Gasteiger partial charge in [-0.15, -0.1) is 0 Å². The van der Waals surface area contributed by atoms with Crippen LogP contribution in [0.15, 0.2) is 53.0 Å². The average Bonchev–Trinajstić information content (AvgIpc) is 2.55. The first-order valence-corrected chi connectivity index (χ1v) is 7.78. The zero-order chi connectivity index (χ0) is 16.8. The Balaban J connectivity index is 1.87. The number of rotatable bonds is 5. The number of likely N-dealkylation sites (N-methyl/N-ethyl adjacent to an activating group) is 1. The second kappa shape index (κ2) is 7.87. The van der Waals surface area contributed by atoms with Crippen LogP contribution in [-0.4, -0.2) is 30.3 Å². The van der Waals surface area contributed by atoms with E-state index in [0.717, 1.165) is 10.0 Å². The zero-order valence-corrected chi connectivity index (χ0v) is 14.1. The van der Waals surface area contributed by atoms with E-state index < -0.39 is 11.7 Å². The van der Waals surface area contributed by atoms with Crippen molar-refractivity contribution in [1.82, 2.24) is 10.2 Å². The first kappa shape index (κ1) is 17.1. The summed E-state index contributed by atoms with van der Waals surface area (Å²) in [6.07, 6.45) is 0. The number of hydrogen-bond acceptors (Lipinski definition) is 2. The van der Waals surface area contributed by atoms with E-state index in [0.29, 0.717) is 12.1 Å². The molecule has 0 saturated carbocycles. The number of hydrogen-bond donors (Lipinski definition) is 1. The minimum absolute atomic E-state index is 0.114. The van der Waals surface area contributed by atoms with Gasteiger partial charge in [0.1, 0.15) is 5.82 Å². The largest absolute Gasteiger partial charge is 0.343 e. The van der Waals surface area contributed by atoms with Crippen LogP contribution in [0.4, 0.5) is 4.39 Å². The van der Waals surface area contributed by atoms with E-state index >= 15 is 0 Å². The first-order valence-electron chi connectivity index (χ1n) is 6.98. The van der Waals surface area contributed by atoms with Crippen molar-refractivity contribution in [2.24, 2.45) is 0 Å². The fraction of sp³-hybridized carbons (Fsp3) is 0.176. The minimum Gasteiger partial charge on any atom is -0.343 e. The number of benzene rings is 2. The molecule has 0 aliphatic heterocycles. The quantitative estimate of drug-likeness (QED) is 0.869. The molecule has 0 aliphatic carbocycles. The van der Waals surface area contributed by atoms with Gasteiger partial charge in [0.25, 0.3) is 5.91 Å². The van der Waals surface area contributed by atoms with E-state index in [4.69, 9.17) is 0 Å². The van der Waals surface area contributed by atoms with Crippen molar-refractivity contribution in [3.63, 3.8) is 0 Å². The highest BCUT2D eigenvalue weighted by atomic mass is 79.9. The van der Waals surface area contributed by atoms with Gasteiger partial charge in [-0.05, 0) is 35.9 Å². The number of carbonyl (C=O) groups excluding carboxylic acids is 2. The van der Waals surface area contributed by atoms with Crippen LogP contribution in [0.1, 0.15) is 15.9 Å². The topological polar surface area (TPSA) is 49.4 Å². The van der Waals surface area contributed by atoms with Crippen LogP contribution >= 0.6 is 15.9 Å². The summed E-state index contributed by atoms with van der Waals surface area (Å²) in [4.78, 5) is 25.5. The Kier molecular flexibility index (Phi) is 5.87. The van der Waals surface area contributed by atoms with Gasteiger partial charge < -0.3 is 10.2 Å². The Hall–Kier alpha value is -2.21. The molecule has 2 aromatic carbocycles. The molecule has 4 nitrogen and oxygen atoms in total. The van der Waals surface area contributed by atoms with Gasteiger partial charge in [-0.1, -0.05) is 34.1 Å². The second-order valence-electron chi connectivity index (χ2n) is 5.03. The summed E-state index contributed by atoms with van der Waals surface area (Å²) >= 11 is 3.43. The Morgan fingerprint density at radius 2 is 1.78 bits per heavy atom. The molecule has 2 amide bonds. The predicted octanol–water partition coefficient (Wildman–Crippen LogP) is 2.98. The number of nitrogens with zero attached hydrogens (tertiary/aromatic N) is 1. The lowest BCUT2D eigenvalue weighted by atomic mass is 10.2. The van der Waals surface area contributed by atoms with Gasteiger partial charge in [0.15, 0.2) is 0 Å². The Labute approximate surface area is 142 Å². The van der Waals surface area contributed by atoms with Gasteiger partial charge in [0.05, 0.1) is 6.54 Å². The number of amides is 2. The summed E-state index contributed by atoms with van der Waals surface area (Å²) < 4.78 is 13.7. The molecule has 0 aromatic heterocycles. The summed E-state index contributed by atoms with van der Waals surface area (Å²) in [6, 6.07) is 12.8. The standard InChI is InChI=1S/C17H16BrFN2O2/c1-21(11-13-4-2-3-5-15(13)18)16(22)10-20-17(23)12-6-8-14(19)9-7-12/h2-9H,10-11H2,1H3,(H,20,23). The van der Waals surface area contributed by atoms with E-state index in [1.807, 2.05) is 24.3 Å². The third-order valence-electron chi connectivity index (χ3n) is 3.30. The van der Waals surface area contributed by atoms with E-state index in [1.165, 1.54) is 29.2 Å². The molecule has 23 heavy (non-hydrogen) atoms. The van der Waals surface area contributed by atoms with Crippen LogP contribution < -0.4 is 5.32 Å². The van der Waals surface area contributed by atoms with Crippen molar-refractivity contribution in [3.05, 3.63) is 69.9 Å². The highest BCUT2D eigenvalue weighted by molar-refractivity contribution is 9.10. The highest BCUT2D eigenvalue weighted by Crippen LogP contribution is 2.17. The van der Waals surface area contributed by atoms with E-state index in [2.05, 4.69) is 21.2 Å². The number of halogens is 2. The monoisotopic (exact) mass is 378 g/mol. The normalized spacial score (nSPS) is 10.2. The lowest BCUT2D eigenvalue weighted by Crippen LogP contribution is -2.37. The molecule has 120 valence electrons. The van der Waals surface area contributed by atoms with E-state index in [9.17, 15) is 14.0 Å². The van der Waals surface area contributed by atoms with Crippen LogP contribution in [-0.2, 0) is 11.3 Å². The lowest BCUT2D eigenvalue weighted by Gasteiger charge is -2.18. The highest BCUT2D eigenvalue weighted by Gasteiger charge is 2.13. The Morgan fingerprint density at radius 1 is 1.13 bits per heavy atom. The fourth-order valence-corrected chi connectivity index (χ4v) is 2.37. The second-order valence-corrected chi connectivity index (χ2v) is 5.89. The van der Waals surface area contributed by atoms with Crippen molar-refractivity contribution >= 4 is 27.7 Å². The summed E-state index contributed by atoms with van der Waals surface area (Å²) in [7, 11) is 1.67. The van der Waals surface area contributed by atoms with E-state index in [1.54, 1.807) is 7.05 Å². The fourth-order valence-electron chi connectivity index (χ4n) is 1.96. The minimum atomic E-state index is -0.411. The number of nitrogens with one attached hydrogen (secondary N) is 1. The van der Waals surface area contributed by atoms with Gasteiger partial charge in [0, 0.05) is 23.6 Å². The molecule has 0 saturated heterocycles. The third-order valence-corrected chi connectivity index (χ3v) is 4.07. The zero-order valence-electron chi connectivity index (χ0n) is 12.6. The van der Waals surface area contributed by atoms with Gasteiger partial charge in [-0.2, -0.15) is 0 Å². The smallest absolute Gasteiger partial charge is 0.251 e. The van der Waals surface area contributed by atoms with Gasteiger partial charge in [-0.3, -0.25) is 9.59 Å². The molecule has 0 fully saturated rings.